The lowest BCUT2D eigenvalue weighted by Gasteiger charge is -2.08. The predicted molar refractivity (Wildman–Crippen MR) is 76.4 cm³/mol. The lowest BCUT2D eigenvalue weighted by molar-refractivity contribution is 0.624. The van der Waals surface area contributed by atoms with Gasteiger partial charge in [-0.1, -0.05) is 24.3 Å². The number of halogens is 1. The number of pyridine rings is 1. The van der Waals surface area contributed by atoms with E-state index in [4.69, 9.17) is 5.73 Å². The minimum atomic E-state index is -0.411. The molecular formula is C15H13FN4. The van der Waals surface area contributed by atoms with Crippen LogP contribution >= 0.6 is 0 Å². The fraction of sp³-hybridized carbons (Fsp3) is 0.0667. The zero-order chi connectivity index (χ0) is 14.1. The summed E-state index contributed by atoms with van der Waals surface area (Å²) in [6, 6.07) is 9.39. The fourth-order valence-electron chi connectivity index (χ4n) is 2.25. The van der Waals surface area contributed by atoms with Gasteiger partial charge in [-0.3, -0.25) is 10.1 Å². The van der Waals surface area contributed by atoms with E-state index in [1.165, 1.54) is 12.4 Å². The fourth-order valence-corrected chi connectivity index (χ4v) is 2.25. The van der Waals surface area contributed by atoms with Gasteiger partial charge in [0.2, 0.25) is 0 Å². The number of nitrogens with two attached hydrogens (primary N) is 1. The molecule has 0 fully saturated rings. The Labute approximate surface area is 115 Å². The third-order valence-electron chi connectivity index (χ3n) is 3.25. The minimum Gasteiger partial charge on any atom is -0.382 e. The van der Waals surface area contributed by atoms with Crippen molar-refractivity contribution in [1.29, 1.82) is 0 Å². The first-order valence-corrected chi connectivity index (χ1v) is 6.18. The lowest BCUT2D eigenvalue weighted by atomic mass is 9.97. The molecule has 0 aliphatic carbocycles. The van der Waals surface area contributed by atoms with E-state index in [1.54, 1.807) is 6.07 Å². The van der Waals surface area contributed by atoms with E-state index in [1.807, 2.05) is 31.2 Å². The number of aryl methyl sites for hydroxylation is 1. The Balaban J connectivity index is 2.26. The molecule has 0 unspecified atom stereocenters. The van der Waals surface area contributed by atoms with Crippen molar-refractivity contribution in [1.82, 2.24) is 15.2 Å². The number of aromatic nitrogens is 3. The van der Waals surface area contributed by atoms with Gasteiger partial charge in [0.05, 0.1) is 17.5 Å². The van der Waals surface area contributed by atoms with E-state index in [0.29, 0.717) is 22.6 Å². The van der Waals surface area contributed by atoms with Crippen LogP contribution < -0.4 is 5.73 Å². The molecule has 0 radical (unpaired) electrons. The van der Waals surface area contributed by atoms with Crippen LogP contribution in [0.15, 0.2) is 42.7 Å². The van der Waals surface area contributed by atoms with Crippen molar-refractivity contribution in [2.24, 2.45) is 0 Å². The summed E-state index contributed by atoms with van der Waals surface area (Å²) in [7, 11) is 0. The highest BCUT2D eigenvalue weighted by Gasteiger charge is 2.18. The second-order valence-electron chi connectivity index (χ2n) is 4.53. The Morgan fingerprint density at radius 1 is 1.15 bits per heavy atom. The molecule has 2 aromatic heterocycles. The minimum absolute atomic E-state index is 0.352. The molecule has 3 rings (SSSR count). The van der Waals surface area contributed by atoms with Crippen molar-refractivity contribution in [3.8, 4) is 22.4 Å². The highest BCUT2D eigenvalue weighted by Crippen LogP contribution is 2.36. The van der Waals surface area contributed by atoms with Crippen molar-refractivity contribution >= 4 is 5.82 Å². The molecule has 0 spiro atoms. The van der Waals surface area contributed by atoms with Crippen molar-refractivity contribution in [3.05, 3.63) is 54.1 Å². The van der Waals surface area contributed by atoms with E-state index >= 15 is 0 Å². The highest BCUT2D eigenvalue weighted by molar-refractivity contribution is 5.89. The number of hydrogen-bond donors (Lipinski definition) is 2. The maximum atomic E-state index is 13.9. The van der Waals surface area contributed by atoms with Crippen LogP contribution in [0.3, 0.4) is 0 Å². The molecular weight excluding hydrogens is 255 g/mol. The molecule has 5 heteroatoms. The molecule has 2 heterocycles. The summed E-state index contributed by atoms with van der Waals surface area (Å²) in [4.78, 5) is 3.76. The van der Waals surface area contributed by atoms with Gasteiger partial charge in [-0.25, -0.2) is 4.39 Å². The van der Waals surface area contributed by atoms with Crippen LogP contribution in [0.25, 0.3) is 22.4 Å². The van der Waals surface area contributed by atoms with Gasteiger partial charge < -0.3 is 5.73 Å². The summed E-state index contributed by atoms with van der Waals surface area (Å²) >= 11 is 0. The van der Waals surface area contributed by atoms with Crippen LogP contribution in [0, 0.1) is 12.7 Å². The van der Waals surface area contributed by atoms with E-state index in [0.717, 1.165) is 11.1 Å². The van der Waals surface area contributed by atoms with E-state index in [9.17, 15) is 4.39 Å². The van der Waals surface area contributed by atoms with Gasteiger partial charge in [0.25, 0.3) is 0 Å². The van der Waals surface area contributed by atoms with Gasteiger partial charge >= 0.3 is 0 Å². The summed E-state index contributed by atoms with van der Waals surface area (Å²) in [5.74, 6) is -0.0588. The van der Waals surface area contributed by atoms with Gasteiger partial charge in [-0.05, 0) is 24.1 Å². The Kier molecular flexibility index (Phi) is 2.95. The Morgan fingerprint density at radius 3 is 2.70 bits per heavy atom. The first-order valence-electron chi connectivity index (χ1n) is 6.18. The number of nitrogen functional groups attached to an aromatic ring is 1. The van der Waals surface area contributed by atoms with Gasteiger partial charge in [-0.15, -0.1) is 0 Å². The van der Waals surface area contributed by atoms with Gasteiger partial charge in [-0.2, -0.15) is 5.10 Å². The normalized spacial score (nSPS) is 10.7. The highest BCUT2D eigenvalue weighted by atomic mass is 19.1. The van der Waals surface area contributed by atoms with Crippen molar-refractivity contribution in [3.63, 3.8) is 0 Å². The molecule has 100 valence electrons. The van der Waals surface area contributed by atoms with E-state index in [-0.39, 0.29) is 0 Å². The molecule has 3 aromatic rings. The van der Waals surface area contributed by atoms with Crippen molar-refractivity contribution < 1.29 is 4.39 Å². The number of nitrogens with zero attached hydrogens (tertiary/aromatic N) is 2. The van der Waals surface area contributed by atoms with Crippen LogP contribution in [0.5, 0.6) is 0 Å². The molecule has 3 N–H and O–H groups in total. The van der Waals surface area contributed by atoms with Crippen LogP contribution in [0.2, 0.25) is 0 Å². The lowest BCUT2D eigenvalue weighted by Crippen LogP contribution is -1.92. The SMILES string of the molecule is Cc1ccccc1-c1c(N)n[nH]c1-c1ccncc1F. The zero-order valence-corrected chi connectivity index (χ0v) is 10.9. The maximum absolute atomic E-state index is 13.9. The number of aromatic amines is 1. The number of anilines is 1. The number of rotatable bonds is 2. The molecule has 0 amide bonds. The summed E-state index contributed by atoms with van der Waals surface area (Å²) < 4.78 is 13.9. The quantitative estimate of drug-likeness (QED) is 0.750. The molecule has 0 atom stereocenters. The van der Waals surface area contributed by atoms with Crippen LogP contribution in [0.4, 0.5) is 10.2 Å². The van der Waals surface area contributed by atoms with Gasteiger partial charge in [0.1, 0.15) is 0 Å². The number of benzene rings is 1. The Morgan fingerprint density at radius 2 is 1.95 bits per heavy atom. The average molecular weight is 268 g/mol. The van der Waals surface area contributed by atoms with Crippen molar-refractivity contribution in [2.45, 2.75) is 6.92 Å². The second-order valence-corrected chi connectivity index (χ2v) is 4.53. The first-order chi connectivity index (χ1) is 9.68. The molecule has 0 saturated heterocycles. The average Bonchev–Trinajstić information content (AvgIpc) is 2.82. The third kappa shape index (κ3) is 1.93. The summed E-state index contributed by atoms with van der Waals surface area (Å²) in [5.41, 5.74) is 9.62. The largest absolute Gasteiger partial charge is 0.382 e. The Bertz CT molecular complexity index is 764. The summed E-state index contributed by atoms with van der Waals surface area (Å²) in [6.07, 6.45) is 2.71. The van der Waals surface area contributed by atoms with E-state index in [2.05, 4.69) is 15.2 Å². The molecule has 0 saturated carbocycles. The van der Waals surface area contributed by atoms with Gasteiger partial charge in [0.15, 0.2) is 11.6 Å². The van der Waals surface area contributed by atoms with Gasteiger partial charge in [0, 0.05) is 11.8 Å². The maximum Gasteiger partial charge on any atom is 0.153 e. The van der Waals surface area contributed by atoms with Crippen LogP contribution in [-0.2, 0) is 0 Å². The summed E-state index contributed by atoms with van der Waals surface area (Å²) in [6.45, 7) is 1.98. The number of hydrogen-bond acceptors (Lipinski definition) is 3. The predicted octanol–water partition coefficient (Wildman–Crippen LogP) is 3.17. The first kappa shape index (κ1) is 12.3. The Hall–Kier alpha value is -2.69. The van der Waals surface area contributed by atoms with E-state index < -0.39 is 5.82 Å². The standard InChI is InChI=1S/C15H13FN4/c1-9-4-2-3-5-10(9)13-14(19-20-15(13)17)11-6-7-18-8-12(11)16/h2-8H,1H3,(H3,17,19,20). The molecule has 20 heavy (non-hydrogen) atoms. The summed E-state index contributed by atoms with van der Waals surface area (Å²) in [5, 5.41) is 6.83. The van der Waals surface area contributed by atoms with Crippen molar-refractivity contribution in [2.75, 3.05) is 5.73 Å². The van der Waals surface area contributed by atoms with Crippen LogP contribution in [-0.4, -0.2) is 15.2 Å². The number of nitrogens with one attached hydrogen (secondary N) is 1. The molecule has 0 bridgehead atoms. The zero-order valence-electron chi connectivity index (χ0n) is 10.9. The molecule has 1 aromatic carbocycles. The second kappa shape index (κ2) is 4.77. The molecule has 0 aliphatic heterocycles. The monoisotopic (exact) mass is 268 g/mol. The van der Waals surface area contributed by atoms with Crippen LogP contribution in [0.1, 0.15) is 5.56 Å². The topological polar surface area (TPSA) is 67.6 Å². The molecule has 0 aliphatic rings. The number of H-pyrrole nitrogens is 1. The smallest absolute Gasteiger partial charge is 0.153 e. The molecule has 4 nitrogen and oxygen atoms in total. The third-order valence-corrected chi connectivity index (χ3v) is 3.25.